The van der Waals surface area contributed by atoms with Crippen LogP contribution in [0.15, 0.2) is 91.3 Å². The fourth-order valence-corrected chi connectivity index (χ4v) is 3.63. The fraction of sp³-hybridized carbons (Fsp3) is 0.105. The van der Waals surface area contributed by atoms with Crippen LogP contribution in [0.3, 0.4) is 0 Å². The van der Waals surface area contributed by atoms with Crippen LogP contribution in [0.4, 0.5) is 0 Å². The van der Waals surface area contributed by atoms with E-state index >= 15 is 0 Å². The quantitative estimate of drug-likeness (QED) is 0.600. The Morgan fingerprint density at radius 1 is 0.667 bits per heavy atom. The molecule has 0 spiro atoms. The first-order valence-electron chi connectivity index (χ1n) is 7.70. The Morgan fingerprint density at radius 2 is 1.08 bits per heavy atom. The van der Waals surface area contributed by atoms with Crippen LogP contribution in [0.1, 0.15) is 11.1 Å². The van der Waals surface area contributed by atoms with Gasteiger partial charge in [0.05, 0.1) is 13.2 Å². The molecule has 0 aliphatic carbocycles. The van der Waals surface area contributed by atoms with Crippen molar-refractivity contribution in [1.29, 1.82) is 0 Å². The van der Waals surface area contributed by atoms with Gasteiger partial charge in [-0.25, -0.2) is 0 Å². The number of rotatable bonds is 7. The molecule has 0 radical (unpaired) electrons. The summed E-state index contributed by atoms with van der Waals surface area (Å²) in [5.41, 5.74) is 1.88. The first-order chi connectivity index (χ1) is 11.8. The van der Waals surface area contributed by atoms with E-state index < -0.39 is 7.75 Å². The monoisotopic (exact) mass is 340 g/mol. The molecule has 2 aromatic carbocycles. The average Bonchev–Trinajstić information content (AvgIpc) is 2.67. The zero-order valence-electron chi connectivity index (χ0n) is 13.2. The van der Waals surface area contributed by atoms with Crippen molar-refractivity contribution in [2.75, 3.05) is 0 Å². The van der Waals surface area contributed by atoms with E-state index in [1.807, 2.05) is 66.7 Å². The van der Waals surface area contributed by atoms with Gasteiger partial charge in [0.2, 0.25) is 0 Å². The molecule has 0 saturated carbocycles. The number of aromatic nitrogens is 1. The van der Waals surface area contributed by atoms with Crippen LogP contribution in [-0.4, -0.2) is 0 Å². The summed E-state index contributed by atoms with van der Waals surface area (Å²) in [6.07, 6.45) is 3.38. The molecule has 0 fully saturated rings. The average molecular weight is 340 g/mol. The van der Waals surface area contributed by atoms with Gasteiger partial charge in [-0.3, -0.25) is 9.05 Å². The maximum atomic E-state index is 13.3. The molecular formula is C19H19NO3P+. The van der Waals surface area contributed by atoms with Crippen LogP contribution in [-0.2, 0) is 26.8 Å². The maximum Gasteiger partial charge on any atom is 0.613 e. The Kier molecular flexibility index (Phi) is 5.55. The van der Waals surface area contributed by atoms with Gasteiger partial charge in [-0.15, -0.1) is 4.34 Å². The summed E-state index contributed by atoms with van der Waals surface area (Å²) in [4.78, 5) is 0. The number of hydrogen-bond donors (Lipinski definition) is 0. The number of pyridine rings is 1. The molecule has 0 amide bonds. The largest absolute Gasteiger partial charge is 0.613 e. The smallest absolute Gasteiger partial charge is 0.250 e. The first-order valence-corrected chi connectivity index (χ1v) is 9.20. The highest BCUT2D eigenvalue weighted by Gasteiger charge is 2.37. The zero-order valence-corrected chi connectivity index (χ0v) is 14.1. The fourth-order valence-electron chi connectivity index (χ4n) is 2.18. The Morgan fingerprint density at radius 3 is 1.54 bits per heavy atom. The van der Waals surface area contributed by atoms with Crippen LogP contribution < -0.4 is 4.34 Å². The lowest BCUT2D eigenvalue weighted by Gasteiger charge is -2.12. The molecule has 122 valence electrons. The van der Waals surface area contributed by atoms with Crippen LogP contribution in [0.2, 0.25) is 0 Å². The number of nitrogens with zero attached hydrogens (tertiary/aromatic N) is 1. The summed E-state index contributed by atoms with van der Waals surface area (Å²) in [7, 11) is -3.49. The van der Waals surface area contributed by atoms with Gasteiger partial charge in [-0.1, -0.05) is 66.7 Å². The summed E-state index contributed by atoms with van der Waals surface area (Å²) in [6, 6.07) is 24.7. The predicted molar refractivity (Wildman–Crippen MR) is 92.1 cm³/mol. The van der Waals surface area contributed by atoms with Crippen molar-refractivity contribution in [3.05, 3.63) is 102 Å². The molecular weight excluding hydrogens is 321 g/mol. The molecule has 3 aromatic rings. The van der Waals surface area contributed by atoms with E-state index in [1.165, 1.54) is 4.34 Å². The van der Waals surface area contributed by atoms with Crippen molar-refractivity contribution in [1.82, 2.24) is 0 Å². The van der Waals surface area contributed by atoms with Crippen LogP contribution in [0.25, 0.3) is 0 Å². The molecule has 24 heavy (non-hydrogen) atoms. The van der Waals surface area contributed by atoms with Gasteiger partial charge in [0.1, 0.15) is 0 Å². The van der Waals surface area contributed by atoms with Gasteiger partial charge in [0.15, 0.2) is 12.4 Å². The molecule has 0 unspecified atom stereocenters. The Hall–Kier alpha value is -2.26. The molecule has 1 heterocycles. The highest BCUT2D eigenvalue weighted by atomic mass is 31.2. The van der Waals surface area contributed by atoms with E-state index in [0.29, 0.717) is 0 Å². The van der Waals surface area contributed by atoms with Crippen LogP contribution >= 0.6 is 7.75 Å². The summed E-state index contributed by atoms with van der Waals surface area (Å²) >= 11 is 0. The summed E-state index contributed by atoms with van der Waals surface area (Å²) < 4.78 is 26.2. The van der Waals surface area contributed by atoms with Gasteiger partial charge in [0, 0.05) is 12.1 Å². The minimum Gasteiger partial charge on any atom is -0.250 e. The topological polar surface area (TPSA) is 39.4 Å². The SMILES string of the molecule is O=P(OCc1ccccc1)(OCc1ccccc1)[n+]1ccccc1. The Bertz CT molecular complexity index is 747. The maximum absolute atomic E-state index is 13.3. The predicted octanol–water partition coefficient (Wildman–Crippen LogP) is 4.36. The molecule has 5 heteroatoms. The number of benzene rings is 2. The normalized spacial score (nSPS) is 11.3. The molecule has 4 nitrogen and oxygen atoms in total. The molecule has 0 bridgehead atoms. The van der Waals surface area contributed by atoms with Gasteiger partial charge in [0.25, 0.3) is 0 Å². The van der Waals surface area contributed by atoms with Gasteiger partial charge < -0.3 is 0 Å². The second-order valence-corrected chi connectivity index (χ2v) is 7.16. The number of hydrogen-bond acceptors (Lipinski definition) is 3. The molecule has 0 atom stereocenters. The van der Waals surface area contributed by atoms with Crippen molar-refractivity contribution in [2.45, 2.75) is 13.2 Å². The summed E-state index contributed by atoms with van der Waals surface area (Å²) in [5.74, 6) is 0. The van der Waals surface area contributed by atoms with E-state index in [0.717, 1.165) is 11.1 Å². The van der Waals surface area contributed by atoms with Crippen molar-refractivity contribution >= 4 is 7.75 Å². The lowest BCUT2D eigenvalue weighted by molar-refractivity contribution is -0.542. The van der Waals surface area contributed by atoms with E-state index in [4.69, 9.17) is 9.05 Å². The van der Waals surface area contributed by atoms with E-state index in [1.54, 1.807) is 24.5 Å². The van der Waals surface area contributed by atoms with Crippen molar-refractivity contribution in [2.24, 2.45) is 0 Å². The third-order valence-corrected chi connectivity index (χ3v) is 5.20. The molecule has 1 aromatic heterocycles. The van der Waals surface area contributed by atoms with Crippen molar-refractivity contribution in [3.63, 3.8) is 0 Å². The van der Waals surface area contributed by atoms with E-state index in [9.17, 15) is 4.57 Å². The first kappa shape index (κ1) is 16.6. The van der Waals surface area contributed by atoms with Gasteiger partial charge in [-0.2, -0.15) is 4.57 Å². The summed E-state index contributed by atoms with van der Waals surface area (Å²) in [6.45, 7) is 0.434. The summed E-state index contributed by atoms with van der Waals surface area (Å²) in [5, 5.41) is 0. The molecule has 0 N–H and O–H groups in total. The van der Waals surface area contributed by atoms with E-state index in [2.05, 4.69) is 0 Å². The van der Waals surface area contributed by atoms with Crippen LogP contribution in [0.5, 0.6) is 0 Å². The van der Waals surface area contributed by atoms with Crippen molar-refractivity contribution in [3.8, 4) is 0 Å². The molecule has 3 rings (SSSR count). The lowest BCUT2D eigenvalue weighted by Crippen LogP contribution is -2.32. The van der Waals surface area contributed by atoms with Crippen LogP contribution in [0, 0.1) is 0 Å². The Balaban J connectivity index is 1.77. The molecule has 0 aliphatic heterocycles. The molecule has 0 aliphatic rings. The second kappa shape index (κ2) is 8.02. The third-order valence-electron chi connectivity index (χ3n) is 3.46. The van der Waals surface area contributed by atoms with Gasteiger partial charge >= 0.3 is 7.75 Å². The Labute approximate surface area is 141 Å². The lowest BCUT2D eigenvalue weighted by atomic mass is 10.2. The minimum absolute atomic E-state index is 0.217. The van der Waals surface area contributed by atoms with Crippen molar-refractivity contribution < 1.29 is 18.0 Å². The van der Waals surface area contributed by atoms with E-state index in [-0.39, 0.29) is 13.2 Å². The second-order valence-electron chi connectivity index (χ2n) is 5.24. The highest BCUT2D eigenvalue weighted by Crippen LogP contribution is 2.44. The highest BCUT2D eigenvalue weighted by molar-refractivity contribution is 7.46. The minimum atomic E-state index is -3.49. The zero-order chi connectivity index (χ0) is 16.7. The third kappa shape index (κ3) is 4.39. The van der Waals surface area contributed by atoms with Gasteiger partial charge in [-0.05, 0) is 11.1 Å². The standard InChI is InChI=1S/C19H19NO3P/c21-24(20-14-8-3-9-15-20,22-16-18-10-4-1-5-11-18)23-17-19-12-6-2-7-13-19/h1-15H,16-17H2/q+1. The molecule has 0 saturated heterocycles.